The summed E-state index contributed by atoms with van der Waals surface area (Å²) in [6.07, 6.45) is 3.82. The molecule has 1 N–H and O–H groups in total. The third-order valence-corrected chi connectivity index (χ3v) is 3.94. The number of nitrogens with zero attached hydrogens (tertiary/aromatic N) is 3. The van der Waals surface area contributed by atoms with Crippen molar-refractivity contribution >= 4 is 0 Å². The van der Waals surface area contributed by atoms with E-state index in [1.54, 1.807) is 6.20 Å². The van der Waals surface area contributed by atoms with Crippen LogP contribution in [0.2, 0.25) is 0 Å². The second kappa shape index (κ2) is 5.38. The molecule has 18 heavy (non-hydrogen) atoms. The van der Waals surface area contributed by atoms with Gasteiger partial charge in [0.15, 0.2) is 0 Å². The molecule has 0 amide bonds. The normalized spacial score (nSPS) is 20.0. The van der Waals surface area contributed by atoms with Gasteiger partial charge in [0.25, 0.3) is 0 Å². The predicted octanol–water partition coefficient (Wildman–Crippen LogP) is 0.434. The zero-order valence-corrected chi connectivity index (χ0v) is 11.5. The van der Waals surface area contributed by atoms with Gasteiger partial charge in [0.2, 0.25) is 0 Å². The van der Waals surface area contributed by atoms with Crippen LogP contribution in [0.15, 0.2) is 12.4 Å². The number of hydrogen-bond donors (Lipinski definition) is 1. The quantitative estimate of drug-likeness (QED) is 0.845. The summed E-state index contributed by atoms with van der Waals surface area (Å²) in [7, 11) is 1.96. The van der Waals surface area contributed by atoms with Crippen molar-refractivity contribution in [2.24, 2.45) is 7.05 Å². The van der Waals surface area contributed by atoms with Gasteiger partial charge in [-0.3, -0.25) is 4.90 Å². The van der Waals surface area contributed by atoms with Gasteiger partial charge in [-0.2, -0.15) is 0 Å². The molecule has 1 aromatic heterocycles. The van der Waals surface area contributed by atoms with E-state index in [4.69, 9.17) is 4.74 Å². The molecule has 0 bridgehead atoms. The molecule has 2 heterocycles. The Kier molecular flexibility index (Phi) is 4.04. The number of aromatic nitrogens is 2. The van der Waals surface area contributed by atoms with Gasteiger partial charge in [0, 0.05) is 44.5 Å². The van der Waals surface area contributed by atoms with Gasteiger partial charge < -0.3 is 14.4 Å². The molecule has 102 valence electrons. The first-order chi connectivity index (χ1) is 8.51. The fourth-order valence-electron chi connectivity index (χ4n) is 2.37. The summed E-state index contributed by atoms with van der Waals surface area (Å²) in [5.41, 5.74) is -0.254. The first-order valence-electron chi connectivity index (χ1n) is 6.49. The minimum Gasteiger partial charge on any atom is -0.391 e. The second-order valence-corrected chi connectivity index (χ2v) is 5.43. The van der Waals surface area contributed by atoms with Crippen LogP contribution >= 0.6 is 0 Å². The summed E-state index contributed by atoms with van der Waals surface area (Å²) in [5, 5.41) is 10.5. The molecular weight excluding hydrogens is 230 g/mol. The lowest BCUT2D eigenvalue weighted by Gasteiger charge is -2.43. The molecule has 5 nitrogen and oxygen atoms in total. The summed E-state index contributed by atoms with van der Waals surface area (Å²) < 4.78 is 7.32. The zero-order valence-electron chi connectivity index (χ0n) is 11.5. The highest BCUT2D eigenvalue weighted by atomic mass is 16.5. The Bertz CT molecular complexity index is 383. The van der Waals surface area contributed by atoms with Crippen LogP contribution in [0.3, 0.4) is 0 Å². The summed E-state index contributed by atoms with van der Waals surface area (Å²) in [4.78, 5) is 6.57. The maximum Gasteiger partial charge on any atom is 0.111 e. The maximum absolute atomic E-state index is 10.5. The first kappa shape index (κ1) is 13.5. The lowest BCUT2D eigenvalue weighted by molar-refractivity contribution is -0.0618. The molecule has 0 aliphatic carbocycles. The van der Waals surface area contributed by atoms with Crippen molar-refractivity contribution in [2.75, 3.05) is 26.3 Å². The molecule has 1 aliphatic rings. The Morgan fingerprint density at radius 3 is 2.67 bits per heavy atom. The Hall–Kier alpha value is -0.910. The summed E-state index contributed by atoms with van der Waals surface area (Å²) in [6.45, 7) is 7.43. The molecular formula is C13H23N3O2. The number of hydrogen-bond acceptors (Lipinski definition) is 4. The average molecular weight is 253 g/mol. The van der Waals surface area contributed by atoms with E-state index in [1.165, 1.54) is 0 Å². The number of aliphatic hydroxyl groups is 1. The van der Waals surface area contributed by atoms with Crippen molar-refractivity contribution in [2.45, 2.75) is 31.9 Å². The van der Waals surface area contributed by atoms with Crippen molar-refractivity contribution in [3.63, 3.8) is 0 Å². The fraction of sp³-hybridized carbons (Fsp3) is 0.769. The van der Waals surface area contributed by atoms with Gasteiger partial charge in [-0.05, 0) is 13.8 Å². The van der Waals surface area contributed by atoms with E-state index < -0.39 is 6.10 Å². The highest BCUT2D eigenvalue weighted by molar-refractivity contribution is 4.99. The van der Waals surface area contributed by atoms with E-state index in [0.717, 1.165) is 32.1 Å². The summed E-state index contributed by atoms with van der Waals surface area (Å²) in [6, 6.07) is 0. The van der Waals surface area contributed by atoms with Crippen LogP contribution in [0.1, 0.15) is 19.7 Å². The van der Waals surface area contributed by atoms with Crippen molar-refractivity contribution in [3.05, 3.63) is 18.2 Å². The third kappa shape index (κ3) is 2.74. The minimum atomic E-state index is -0.434. The van der Waals surface area contributed by atoms with Crippen molar-refractivity contribution < 1.29 is 9.84 Å². The summed E-state index contributed by atoms with van der Waals surface area (Å²) in [5.74, 6) is 0.920. The molecule has 1 aromatic rings. The third-order valence-electron chi connectivity index (χ3n) is 3.94. The number of aryl methyl sites for hydroxylation is 1. The van der Waals surface area contributed by atoms with Crippen LogP contribution in [0, 0.1) is 0 Å². The van der Waals surface area contributed by atoms with Crippen LogP contribution < -0.4 is 0 Å². The minimum absolute atomic E-state index is 0.254. The average Bonchev–Trinajstić information content (AvgIpc) is 2.76. The van der Waals surface area contributed by atoms with Gasteiger partial charge in [-0.25, -0.2) is 4.98 Å². The molecule has 0 saturated carbocycles. The van der Waals surface area contributed by atoms with Crippen LogP contribution in [0.25, 0.3) is 0 Å². The van der Waals surface area contributed by atoms with Crippen LogP contribution in [-0.2, 0) is 18.2 Å². The number of ether oxygens (including phenoxy) is 1. The number of imidazole rings is 1. The predicted molar refractivity (Wildman–Crippen MR) is 69.4 cm³/mol. The van der Waals surface area contributed by atoms with E-state index in [0.29, 0.717) is 6.42 Å². The number of rotatable bonds is 4. The van der Waals surface area contributed by atoms with Gasteiger partial charge in [0.1, 0.15) is 5.82 Å². The zero-order chi connectivity index (χ0) is 13.2. The van der Waals surface area contributed by atoms with Crippen molar-refractivity contribution in [1.29, 1.82) is 0 Å². The standard InChI is InChI=1S/C13H23N3O2/c1-13(2,16-6-8-18-9-7-16)11(17)10-12-14-4-5-15(12)3/h4-5,11,17H,6-10H2,1-3H3. The number of morpholine rings is 1. The molecule has 1 saturated heterocycles. The second-order valence-electron chi connectivity index (χ2n) is 5.43. The lowest BCUT2D eigenvalue weighted by Crippen LogP contribution is -2.56. The van der Waals surface area contributed by atoms with E-state index in [-0.39, 0.29) is 5.54 Å². The van der Waals surface area contributed by atoms with Crippen LogP contribution in [0.4, 0.5) is 0 Å². The first-order valence-corrected chi connectivity index (χ1v) is 6.49. The maximum atomic E-state index is 10.5. The molecule has 1 aliphatic heterocycles. The SMILES string of the molecule is Cn1ccnc1CC(O)C(C)(C)N1CCOCC1. The van der Waals surface area contributed by atoms with Gasteiger partial charge in [-0.15, -0.1) is 0 Å². The van der Waals surface area contributed by atoms with Crippen molar-refractivity contribution in [1.82, 2.24) is 14.5 Å². The van der Waals surface area contributed by atoms with Gasteiger partial charge >= 0.3 is 0 Å². The highest BCUT2D eigenvalue weighted by Crippen LogP contribution is 2.22. The van der Waals surface area contributed by atoms with E-state index in [2.05, 4.69) is 23.7 Å². The molecule has 1 unspecified atom stereocenters. The molecule has 1 fully saturated rings. The van der Waals surface area contributed by atoms with E-state index >= 15 is 0 Å². The fourth-order valence-corrected chi connectivity index (χ4v) is 2.37. The smallest absolute Gasteiger partial charge is 0.111 e. The topological polar surface area (TPSA) is 50.5 Å². The molecule has 0 radical (unpaired) electrons. The Morgan fingerprint density at radius 1 is 1.44 bits per heavy atom. The molecule has 2 rings (SSSR count). The Labute approximate surface area is 108 Å². The number of aliphatic hydroxyl groups excluding tert-OH is 1. The molecule has 5 heteroatoms. The molecule has 0 aromatic carbocycles. The summed E-state index contributed by atoms with van der Waals surface area (Å²) >= 11 is 0. The Balaban J connectivity index is 2.02. The van der Waals surface area contributed by atoms with Gasteiger partial charge in [-0.1, -0.05) is 0 Å². The van der Waals surface area contributed by atoms with E-state index in [9.17, 15) is 5.11 Å². The molecule has 1 atom stereocenters. The highest BCUT2D eigenvalue weighted by Gasteiger charge is 2.35. The monoisotopic (exact) mass is 253 g/mol. The van der Waals surface area contributed by atoms with E-state index in [1.807, 2.05) is 17.8 Å². The lowest BCUT2D eigenvalue weighted by atomic mass is 9.92. The largest absolute Gasteiger partial charge is 0.391 e. The van der Waals surface area contributed by atoms with Crippen molar-refractivity contribution in [3.8, 4) is 0 Å². The molecule has 0 spiro atoms. The van der Waals surface area contributed by atoms with Crippen LogP contribution in [0.5, 0.6) is 0 Å². The van der Waals surface area contributed by atoms with Gasteiger partial charge in [0.05, 0.1) is 19.3 Å². The van der Waals surface area contributed by atoms with Crippen LogP contribution in [-0.4, -0.2) is 57.5 Å². The Morgan fingerprint density at radius 2 is 2.11 bits per heavy atom.